The first-order chi connectivity index (χ1) is 8.18. The highest BCUT2D eigenvalue weighted by molar-refractivity contribution is 7.86. The largest absolute Gasteiger partial charge is 0.297 e. The van der Waals surface area contributed by atoms with Gasteiger partial charge in [-0.15, -0.1) is 0 Å². The Morgan fingerprint density at radius 1 is 0.824 bits per heavy atom. The summed E-state index contributed by atoms with van der Waals surface area (Å²) in [4.78, 5) is 0.177. The topological polar surface area (TPSA) is 43.4 Å². The molecule has 0 aliphatic rings. The first kappa shape index (κ1) is 11.8. The van der Waals surface area contributed by atoms with Crippen LogP contribution in [0, 0.1) is 0 Å². The Balaban J connectivity index is 2.09. The van der Waals surface area contributed by atoms with Crippen LogP contribution in [-0.4, -0.2) is 8.42 Å². The molecule has 17 heavy (non-hydrogen) atoms. The molecule has 2 rings (SSSR count). The van der Waals surface area contributed by atoms with Gasteiger partial charge < -0.3 is 0 Å². The third-order valence-corrected chi connectivity index (χ3v) is 3.53. The van der Waals surface area contributed by atoms with Crippen LogP contribution in [0.25, 0.3) is 0 Å². The third-order valence-electron chi connectivity index (χ3n) is 2.26. The van der Waals surface area contributed by atoms with E-state index >= 15 is 0 Å². The van der Waals surface area contributed by atoms with E-state index in [1.165, 1.54) is 12.1 Å². The molecule has 0 amide bonds. The van der Waals surface area contributed by atoms with Gasteiger partial charge in [-0.05, 0) is 17.7 Å². The number of rotatable bonds is 4. The van der Waals surface area contributed by atoms with Gasteiger partial charge in [-0.25, -0.2) is 0 Å². The minimum absolute atomic E-state index is 0.0536. The minimum Gasteiger partial charge on any atom is -0.262 e. The molecule has 0 atom stereocenters. The zero-order valence-corrected chi connectivity index (χ0v) is 9.93. The summed E-state index contributed by atoms with van der Waals surface area (Å²) in [5.74, 6) is 0. The van der Waals surface area contributed by atoms with E-state index in [2.05, 4.69) is 0 Å². The van der Waals surface area contributed by atoms with Crippen LogP contribution in [0.1, 0.15) is 5.56 Å². The maximum Gasteiger partial charge on any atom is 0.297 e. The normalized spacial score (nSPS) is 11.3. The lowest BCUT2D eigenvalue weighted by Gasteiger charge is -2.05. The fraction of sp³-hybridized carbons (Fsp3) is 0.0769. The molecule has 0 saturated heterocycles. The van der Waals surface area contributed by atoms with Crippen LogP contribution in [0.5, 0.6) is 0 Å². The van der Waals surface area contributed by atoms with E-state index < -0.39 is 10.1 Å². The summed E-state index contributed by atoms with van der Waals surface area (Å²) in [5, 5.41) is 0. The van der Waals surface area contributed by atoms with Crippen LogP contribution in [0.2, 0.25) is 0 Å². The van der Waals surface area contributed by atoms with E-state index in [0.717, 1.165) is 5.56 Å². The van der Waals surface area contributed by atoms with Gasteiger partial charge in [0.15, 0.2) is 0 Å². The fourth-order valence-electron chi connectivity index (χ4n) is 1.38. The Morgan fingerprint density at radius 3 is 1.94 bits per heavy atom. The van der Waals surface area contributed by atoms with Crippen LogP contribution in [0.4, 0.5) is 0 Å². The fourth-order valence-corrected chi connectivity index (χ4v) is 2.29. The van der Waals surface area contributed by atoms with Crippen molar-refractivity contribution in [2.24, 2.45) is 0 Å². The molecule has 0 aromatic heterocycles. The van der Waals surface area contributed by atoms with E-state index in [9.17, 15) is 8.42 Å². The van der Waals surface area contributed by atoms with E-state index in [0.29, 0.717) is 0 Å². The Morgan fingerprint density at radius 2 is 1.35 bits per heavy atom. The highest BCUT2D eigenvalue weighted by Gasteiger charge is 2.14. The summed E-state index contributed by atoms with van der Waals surface area (Å²) in [7, 11) is -3.66. The Labute approximate surface area is 101 Å². The van der Waals surface area contributed by atoms with Crippen molar-refractivity contribution in [2.75, 3.05) is 0 Å². The number of benzene rings is 2. The highest BCUT2D eigenvalue weighted by Crippen LogP contribution is 2.13. The first-order valence-corrected chi connectivity index (χ1v) is 6.58. The van der Waals surface area contributed by atoms with E-state index in [4.69, 9.17) is 4.18 Å². The number of hydrogen-bond donors (Lipinski definition) is 0. The molecule has 2 aromatic carbocycles. The predicted molar refractivity (Wildman–Crippen MR) is 64.9 cm³/mol. The lowest BCUT2D eigenvalue weighted by atomic mass is 10.2. The van der Waals surface area contributed by atoms with Gasteiger partial charge in [0.2, 0.25) is 0 Å². The van der Waals surface area contributed by atoms with Crippen molar-refractivity contribution in [3.63, 3.8) is 0 Å². The summed E-state index contributed by atoms with van der Waals surface area (Å²) in [5.41, 5.74) is 0.826. The molecule has 0 bridgehead atoms. The minimum atomic E-state index is -3.66. The van der Waals surface area contributed by atoms with Crippen LogP contribution < -0.4 is 0 Å². The van der Waals surface area contributed by atoms with Crippen molar-refractivity contribution in [3.8, 4) is 0 Å². The quantitative estimate of drug-likeness (QED) is 0.781. The molecule has 0 saturated carbocycles. The molecule has 0 N–H and O–H groups in total. The maximum atomic E-state index is 11.8. The zero-order chi connectivity index (χ0) is 12.1. The van der Waals surface area contributed by atoms with Crippen molar-refractivity contribution in [1.29, 1.82) is 0 Å². The Bertz CT molecular complexity index is 562. The second-order valence-electron chi connectivity index (χ2n) is 3.51. The second-order valence-corrected chi connectivity index (χ2v) is 5.13. The second kappa shape index (κ2) is 5.12. The van der Waals surface area contributed by atoms with Gasteiger partial charge in [0.1, 0.15) is 0 Å². The van der Waals surface area contributed by atoms with Crippen molar-refractivity contribution < 1.29 is 12.6 Å². The molecule has 0 radical (unpaired) electrons. The summed E-state index contributed by atoms with van der Waals surface area (Å²) in [6.45, 7) is 0.0536. The molecule has 0 fully saturated rings. The molecule has 88 valence electrons. The van der Waals surface area contributed by atoms with Gasteiger partial charge in [0, 0.05) is 0 Å². The van der Waals surface area contributed by atoms with Gasteiger partial charge in [-0.2, -0.15) is 8.42 Å². The predicted octanol–water partition coefficient (Wildman–Crippen LogP) is 2.59. The van der Waals surface area contributed by atoms with Crippen molar-refractivity contribution >= 4 is 10.1 Å². The summed E-state index contributed by atoms with van der Waals surface area (Å²) < 4.78 is 28.5. The third kappa shape index (κ3) is 3.15. The molecule has 0 unspecified atom stereocenters. The van der Waals surface area contributed by atoms with Crippen LogP contribution in [0.3, 0.4) is 0 Å². The van der Waals surface area contributed by atoms with Gasteiger partial charge in [-0.1, -0.05) is 48.5 Å². The smallest absolute Gasteiger partial charge is 0.262 e. The van der Waals surface area contributed by atoms with E-state index in [-0.39, 0.29) is 11.5 Å². The standard InChI is InChI=1S/C13H12O3S/c14-17(15,13-9-5-2-6-10-13)16-11-12-7-3-1-4-8-12/h1-10H,11H2. The van der Waals surface area contributed by atoms with Crippen LogP contribution >= 0.6 is 0 Å². The van der Waals surface area contributed by atoms with Crippen molar-refractivity contribution in [2.45, 2.75) is 11.5 Å². The summed E-state index contributed by atoms with van der Waals surface area (Å²) >= 11 is 0. The lowest BCUT2D eigenvalue weighted by molar-refractivity contribution is 0.308. The Hall–Kier alpha value is -1.65. The molecule has 3 nitrogen and oxygen atoms in total. The van der Waals surface area contributed by atoms with Crippen molar-refractivity contribution in [1.82, 2.24) is 0 Å². The average molecular weight is 248 g/mol. The summed E-state index contributed by atoms with van der Waals surface area (Å²) in [6, 6.07) is 17.3. The van der Waals surface area contributed by atoms with E-state index in [1.807, 2.05) is 30.3 Å². The maximum absolute atomic E-state index is 11.8. The van der Waals surface area contributed by atoms with Crippen molar-refractivity contribution in [3.05, 3.63) is 66.2 Å². The van der Waals surface area contributed by atoms with Gasteiger partial charge in [0.05, 0.1) is 11.5 Å². The average Bonchev–Trinajstić information content (AvgIpc) is 2.39. The SMILES string of the molecule is O=S(=O)(OCc1ccccc1)c1ccccc1. The molecule has 2 aromatic rings. The Kier molecular flexibility index (Phi) is 3.56. The lowest BCUT2D eigenvalue weighted by Crippen LogP contribution is -2.06. The first-order valence-electron chi connectivity index (χ1n) is 5.17. The van der Waals surface area contributed by atoms with Gasteiger partial charge >= 0.3 is 0 Å². The molecule has 0 spiro atoms. The molecule has 0 aliphatic heterocycles. The van der Waals surface area contributed by atoms with Gasteiger partial charge in [-0.3, -0.25) is 4.18 Å². The molecule has 0 aliphatic carbocycles. The monoisotopic (exact) mass is 248 g/mol. The zero-order valence-electron chi connectivity index (χ0n) is 9.11. The highest BCUT2D eigenvalue weighted by atomic mass is 32.2. The molecule has 0 heterocycles. The van der Waals surface area contributed by atoms with Gasteiger partial charge in [0.25, 0.3) is 10.1 Å². The molecular weight excluding hydrogens is 236 g/mol. The molecular formula is C13H12O3S. The van der Waals surface area contributed by atoms with E-state index in [1.54, 1.807) is 18.2 Å². The molecule has 4 heteroatoms. The van der Waals surface area contributed by atoms with Crippen LogP contribution in [-0.2, 0) is 20.9 Å². The number of hydrogen-bond acceptors (Lipinski definition) is 3. The van der Waals surface area contributed by atoms with Crippen LogP contribution in [0.15, 0.2) is 65.6 Å². The summed E-state index contributed by atoms with van der Waals surface area (Å²) in [6.07, 6.45) is 0.